The molecule has 18 heavy (non-hydrogen) atoms. The SMILES string of the molecule is NC(=S)c1ccc(OCCOCCC2CC2)cc1. The number of thiocarbonyl (C=S) groups is 1. The van der Waals surface area contributed by atoms with Crippen molar-refractivity contribution in [2.24, 2.45) is 11.7 Å². The van der Waals surface area contributed by atoms with Crippen molar-refractivity contribution in [2.75, 3.05) is 19.8 Å². The predicted octanol–water partition coefficient (Wildman–Crippen LogP) is 2.52. The molecule has 1 aromatic carbocycles. The number of hydrogen-bond acceptors (Lipinski definition) is 3. The van der Waals surface area contributed by atoms with Crippen molar-refractivity contribution in [3.63, 3.8) is 0 Å². The van der Waals surface area contributed by atoms with Gasteiger partial charge in [0.2, 0.25) is 0 Å². The van der Waals surface area contributed by atoms with E-state index in [4.69, 9.17) is 27.4 Å². The van der Waals surface area contributed by atoms with Crippen molar-refractivity contribution in [1.82, 2.24) is 0 Å². The Morgan fingerprint density at radius 3 is 2.50 bits per heavy atom. The lowest BCUT2D eigenvalue weighted by Gasteiger charge is -2.07. The molecule has 4 heteroatoms. The van der Waals surface area contributed by atoms with Gasteiger partial charge in [-0.1, -0.05) is 25.1 Å². The highest BCUT2D eigenvalue weighted by molar-refractivity contribution is 7.80. The summed E-state index contributed by atoms with van der Waals surface area (Å²) in [6, 6.07) is 7.48. The van der Waals surface area contributed by atoms with E-state index in [-0.39, 0.29) is 0 Å². The molecule has 0 aliphatic heterocycles. The van der Waals surface area contributed by atoms with Gasteiger partial charge in [-0.25, -0.2) is 0 Å². The summed E-state index contributed by atoms with van der Waals surface area (Å²) in [5, 5.41) is 0. The zero-order valence-electron chi connectivity index (χ0n) is 10.4. The molecule has 0 aromatic heterocycles. The Kier molecular flexibility index (Phi) is 4.96. The van der Waals surface area contributed by atoms with Crippen LogP contribution in [0.1, 0.15) is 24.8 Å². The first kappa shape index (κ1) is 13.3. The molecule has 2 N–H and O–H groups in total. The standard InChI is InChI=1S/C14H19NO2S/c15-14(18)12-3-5-13(6-4-12)17-10-9-16-8-7-11-1-2-11/h3-6,11H,1-2,7-10H2,(H2,15,18). The molecule has 1 aliphatic carbocycles. The summed E-state index contributed by atoms with van der Waals surface area (Å²) in [7, 11) is 0. The Hall–Kier alpha value is -1.13. The van der Waals surface area contributed by atoms with Crippen molar-refractivity contribution in [1.29, 1.82) is 0 Å². The lowest BCUT2D eigenvalue weighted by Crippen LogP contribution is -2.10. The quantitative estimate of drug-likeness (QED) is 0.579. The number of rotatable bonds is 8. The van der Waals surface area contributed by atoms with Crippen LogP contribution in [0.3, 0.4) is 0 Å². The normalized spacial score (nSPS) is 14.4. The van der Waals surface area contributed by atoms with Gasteiger partial charge >= 0.3 is 0 Å². The summed E-state index contributed by atoms with van der Waals surface area (Å²) in [6.07, 6.45) is 3.97. The monoisotopic (exact) mass is 265 g/mol. The van der Waals surface area contributed by atoms with E-state index in [1.54, 1.807) is 0 Å². The van der Waals surface area contributed by atoms with Crippen LogP contribution < -0.4 is 10.5 Å². The molecule has 0 heterocycles. The molecular formula is C14H19NO2S. The molecule has 1 fully saturated rings. The molecule has 2 rings (SSSR count). The van der Waals surface area contributed by atoms with Gasteiger partial charge in [0, 0.05) is 12.2 Å². The van der Waals surface area contributed by atoms with Crippen molar-refractivity contribution in [2.45, 2.75) is 19.3 Å². The fourth-order valence-electron chi connectivity index (χ4n) is 1.69. The van der Waals surface area contributed by atoms with E-state index in [0.29, 0.717) is 18.2 Å². The summed E-state index contributed by atoms with van der Waals surface area (Å²) < 4.78 is 11.1. The van der Waals surface area contributed by atoms with E-state index in [1.807, 2.05) is 24.3 Å². The van der Waals surface area contributed by atoms with E-state index in [0.717, 1.165) is 23.8 Å². The molecule has 3 nitrogen and oxygen atoms in total. The van der Waals surface area contributed by atoms with Crippen molar-refractivity contribution < 1.29 is 9.47 Å². The Labute approximate surface area is 113 Å². The van der Waals surface area contributed by atoms with Gasteiger partial charge in [0.25, 0.3) is 0 Å². The summed E-state index contributed by atoms with van der Waals surface area (Å²) >= 11 is 4.88. The van der Waals surface area contributed by atoms with Gasteiger partial charge in [-0.2, -0.15) is 0 Å². The van der Waals surface area contributed by atoms with Gasteiger partial charge in [-0.3, -0.25) is 0 Å². The van der Waals surface area contributed by atoms with E-state index >= 15 is 0 Å². The Morgan fingerprint density at radius 2 is 1.89 bits per heavy atom. The predicted molar refractivity (Wildman–Crippen MR) is 76.0 cm³/mol. The largest absolute Gasteiger partial charge is 0.491 e. The highest BCUT2D eigenvalue weighted by Crippen LogP contribution is 2.31. The van der Waals surface area contributed by atoms with E-state index in [9.17, 15) is 0 Å². The minimum Gasteiger partial charge on any atom is -0.491 e. The maximum atomic E-state index is 5.55. The number of nitrogens with two attached hydrogens (primary N) is 1. The van der Waals surface area contributed by atoms with Crippen LogP contribution in [-0.4, -0.2) is 24.8 Å². The second kappa shape index (κ2) is 6.71. The highest BCUT2D eigenvalue weighted by atomic mass is 32.1. The van der Waals surface area contributed by atoms with Crippen LogP contribution in [0.2, 0.25) is 0 Å². The summed E-state index contributed by atoms with van der Waals surface area (Å²) in [4.78, 5) is 0.407. The Morgan fingerprint density at radius 1 is 1.17 bits per heavy atom. The van der Waals surface area contributed by atoms with E-state index in [2.05, 4.69) is 0 Å². The maximum Gasteiger partial charge on any atom is 0.119 e. The summed E-state index contributed by atoms with van der Waals surface area (Å²) in [5.74, 6) is 1.75. The third kappa shape index (κ3) is 4.63. The van der Waals surface area contributed by atoms with Gasteiger partial charge < -0.3 is 15.2 Å². The molecular weight excluding hydrogens is 246 g/mol. The number of benzene rings is 1. The smallest absolute Gasteiger partial charge is 0.119 e. The second-order valence-electron chi connectivity index (χ2n) is 4.58. The Balaban J connectivity index is 1.58. The first-order valence-corrected chi connectivity index (χ1v) is 6.77. The molecule has 0 bridgehead atoms. The minimum absolute atomic E-state index is 0.407. The average molecular weight is 265 g/mol. The van der Waals surface area contributed by atoms with Crippen molar-refractivity contribution >= 4 is 17.2 Å². The van der Waals surface area contributed by atoms with Crippen LogP contribution in [0.15, 0.2) is 24.3 Å². The lowest BCUT2D eigenvalue weighted by atomic mass is 10.2. The fraction of sp³-hybridized carbons (Fsp3) is 0.500. The maximum absolute atomic E-state index is 5.55. The molecule has 0 amide bonds. The minimum atomic E-state index is 0.407. The molecule has 0 atom stereocenters. The topological polar surface area (TPSA) is 44.5 Å². The number of ether oxygens (including phenoxy) is 2. The zero-order chi connectivity index (χ0) is 12.8. The molecule has 0 unspecified atom stereocenters. The lowest BCUT2D eigenvalue weighted by molar-refractivity contribution is 0.0958. The molecule has 0 saturated heterocycles. The van der Waals surface area contributed by atoms with Crippen LogP contribution in [-0.2, 0) is 4.74 Å². The summed E-state index contributed by atoms with van der Waals surface area (Å²) in [6.45, 7) is 2.08. The molecule has 98 valence electrons. The molecule has 1 aromatic rings. The van der Waals surface area contributed by atoms with Crippen LogP contribution in [0.4, 0.5) is 0 Å². The third-order valence-electron chi connectivity index (χ3n) is 3.00. The molecule has 1 aliphatic rings. The van der Waals surface area contributed by atoms with E-state index in [1.165, 1.54) is 19.3 Å². The van der Waals surface area contributed by atoms with Crippen molar-refractivity contribution in [3.8, 4) is 5.75 Å². The third-order valence-corrected chi connectivity index (χ3v) is 3.24. The molecule has 0 radical (unpaired) electrons. The first-order chi connectivity index (χ1) is 8.75. The highest BCUT2D eigenvalue weighted by Gasteiger charge is 2.20. The van der Waals surface area contributed by atoms with Gasteiger partial charge in [-0.15, -0.1) is 0 Å². The van der Waals surface area contributed by atoms with Crippen molar-refractivity contribution in [3.05, 3.63) is 29.8 Å². The van der Waals surface area contributed by atoms with Gasteiger partial charge in [-0.05, 0) is 36.6 Å². The van der Waals surface area contributed by atoms with Gasteiger partial charge in [0.1, 0.15) is 17.3 Å². The van der Waals surface area contributed by atoms with Crippen LogP contribution in [0.25, 0.3) is 0 Å². The number of hydrogen-bond donors (Lipinski definition) is 1. The summed E-state index contributed by atoms with van der Waals surface area (Å²) in [5.41, 5.74) is 6.38. The van der Waals surface area contributed by atoms with Crippen LogP contribution in [0, 0.1) is 5.92 Å². The van der Waals surface area contributed by atoms with Gasteiger partial charge in [0.15, 0.2) is 0 Å². The Bertz CT molecular complexity index is 387. The van der Waals surface area contributed by atoms with Crippen LogP contribution >= 0.6 is 12.2 Å². The van der Waals surface area contributed by atoms with E-state index < -0.39 is 0 Å². The van der Waals surface area contributed by atoms with Crippen LogP contribution in [0.5, 0.6) is 5.75 Å². The first-order valence-electron chi connectivity index (χ1n) is 6.36. The fourth-order valence-corrected chi connectivity index (χ4v) is 1.83. The molecule has 0 spiro atoms. The second-order valence-corrected chi connectivity index (χ2v) is 5.02. The molecule has 1 saturated carbocycles. The average Bonchev–Trinajstić information content (AvgIpc) is 3.18. The van der Waals surface area contributed by atoms with Gasteiger partial charge in [0.05, 0.1) is 6.61 Å². The zero-order valence-corrected chi connectivity index (χ0v) is 11.2.